The number of nitrogens with zero attached hydrogens (tertiary/aromatic N) is 3. The first-order chi connectivity index (χ1) is 9.75. The maximum Gasteiger partial charge on any atom is 0.435 e. The molecule has 114 valence electrons. The molecule has 0 aromatic carbocycles. The lowest BCUT2D eigenvalue weighted by Crippen LogP contribution is -2.22. The molecule has 0 atom stereocenters. The SMILES string of the molecule is Cc1cc(CNC(C)C)cc(-n2ccc(C(F)(F)F)n2)n1. The predicted octanol–water partition coefficient (Wildman–Crippen LogP) is 3.09. The molecule has 2 aromatic rings. The van der Waals surface area contributed by atoms with Crippen LogP contribution in [0, 0.1) is 6.92 Å². The minimum atomic E-state index is -4.45. The van der Waals surface area contributed by atoms with Gasteiger partial charge in [0.15, 0.2) is 11.5 Å². The Bertz CT molecular complexity index is 617. The third-order valence-corrected chi connectivity index (χ3v) is 2.83. The van der Waals surface area contributed by atoms with Crippen molar-refractivity contribution in [3.05, 3.63) is 41.3 Å². The number of aryl methyl sites for hydroxylation is 1. The molecule has 0 radical (unpaired) electrons. The Hall–Kier alpha value is -1.89. The summed E-state index contributed by atoms with van der Waals surface area (Å²) in [5, 5.41) is 6.80. The molecule has 7 heteroatoms. The second-order valence-corrected chi connectivity index (χ2v) is 5.15. The normalized spacial score (nSPS) is 12.1. The van der Waals surface area contributed by atoms with E-state index in [0.717, 1.165) is 22.0 Å². The van der Waals surface area contributed by atoms with E-state index in [4.69, 9.17) is 0 Å². The zero-order chi connectivity index (χ0) is 15.6. The third kappa shape index (κ3) is 4.04. The van der Waals surface area contributed by atoms with Crippen LogP contribution in [0.5, 0.6) is 0 Å². The zero-order valence-electron chi connectivity index (χ0n) is 12.1. The quantitative estimate of drug-likeness (QED) is 0.943. The van der Waals surface area contributed by atoms with Crippen molar-refractivity contribution in [1.29, 1.82) is 0 Å². The fourth-order valence-corrected chi connectivity index (χ4v) is 1.87. The minimum Gasteiger partial charge on any atom is -0.310 e. The standard InChI is InChI=1S/C14H17F3N4/c1-9(2)18-8-11-6-10(3)19-13(7-11)21-5-4-12(20-21)14(15,16)17/h4-7,9,18H,8H2,1-3H3. The molecule has 2 rings (SSSR count). The monoisotopic (exact) mass is 298 g/mol. The van der Waals surface area contributed by atoms with Gasteiger partial charge in [0.2, 0.25) is 0 Å². The number of alkyl halides is 3. The number of pyridine rings is 1. The van der Waals surface area contributed by atoms with Gasteiger partial charge in [-0.2, -0.15) is 18.3 Å². The van der Waals surface area contributed by atoms with Crippen LogP contribution in [0.3, 0.4) is 0 Å². The number of hydrogen-bond donors (Lipinski definition) is 1. The van der Waals surface area contributed by atoms with Crippen LogP contribution in [0.1, 0.15) is 30.8 Å². The van der Waals surface area contributed by atoms with Crippen LogP contribution >= 0.6 is 0 Å². The minimum absolute atomic E-state index is 0.323. The Morgan fingerprint density at radius 2 is 2.00 bits per heavy atom. The molecule has 0 aliphatic carbocycles. The van der Waals surface area contributed by atoms with E-state index in [2.05, 4.69) is 15.4 Å². The lowest BCUT2D eigenvalue weighted by molar-refractivity contribution is -0.141. The second kappa shape index (κ2) is 5.85. The molecule has 0 bridgehead atoms. The van der Waals surface area contributed by atoms with E-state index in [0.29, 0.717) is 18.4 Å². The molecule has 0 saturated heterocycles. The van der Waals surface area contributed by atoms with Crippen molar-refractivity contribution < 1.29 is 13.2 Å². The maximum atomic E-state index is 12.6. The highest BCUT2D eigenvalue weighted by atomic mass is 19.4. The lowest BCUT2D eigenvalue weighted by atomic mass is 10.2. The van der Waals surface area contributed by atoms with Crippen LogP contribution in [-0.4, -0.2) is 20.8 Å². The van der Waals surface area contributed by atoms with E-state index in [1.54, 1.807) is 13.0 Å². The first-order valence-electron chi connectivity index (χ1n) is 6.60. The van der Waals surface area contributed by atoms with E-state index in [9.17, 15) is 13.2 Å². The summed E-state index contributed by atoms with van der Waals surface area (Å²) in [6, 6.07) is 4.89. The summed E-state index contributed by atoms with van der Waals surface area (Å²) in [5.74, 6) is 0.381. The largest absolute Gasteiger partial charge is 0.435 e. The summed E-state index contributed by atoms with van der Waals surface area (Å²) < 4.78 is 38.9. The van der Waals surface area contributed by atoms with Gasteiger partial charge >= 0.3 is 6.18 Å². The first-order valence-corrected chi connectivity index (χ1v) is 6.60. The summed E-state index contributed by atoms with van der Waals surface area (Å²) >= 11 is 0. The zero-order valence-corrected chi connectivity index (χ0v) is 12.1. The number of aromatic nitrogens is 3. The van der Waals surface area contributed by atoms with Crippen molar-refractivity contribution in [3.8, 4) is 5.82 Å². The van der Waals surface area contributed by atoms with Gasteiger partial charge in [0.05, 0.1) is 0 Å². The van der Waals surface area contributed by atoms with Gasteiger partial charge in [-0.1, -0.05) is 13.8 Å². The molecule has 21 heavy (non-hydrogen) atoms. The highest BCUT2D eigenvalue weighted by Gasteiger charge is 2.33. The van der Waals surface area contributed by atoms with Crippen LogP contribution in [0.2, 0.25) is 0 Å². The lowest BCUT2D eigenvalue weighted by Gasteiger charge is -2.10. The van der Waals surface area contributed by atoms with Crippen molar-refractivity contribution in [1.82, 2.24) is 20.1 Å². The average Bonchev–Trinajstić information content (AvgIpc) is 2.85. The highest BCUT2D eigenvalue weighted by Crippen LogP contribution is 2.27. The number of hydrogen-bond acceptors (Lipinski definition) is 3. The summed E-state index contributed by atoms with van der Waals surface area (Å²) in [5.41, 5.74) is 0.764. The molecule has 0 spiro atoms. The summed E-state index contributed by atoms with van der Waals surface area (Å²) in [6.07, 6.45) is -3.18. The van der Waals surface area contributed by atoms with Gasteiger partial charge < -0.3 is 5.32 Å². The second-order valence-electron chi connectivity index (χ2n) is 5.15. The number of halogens is 3. The van der Waals surface area contributed by atoms with E-state index < -0.39 is 11.9 Å². The summed E-state index contributed by atoms with van der Waals surface area (Å²) in [7, 11) is 0. The molecular formula is C14H17F3N4. The first kappa shape index (κ1) is 15.5. The van der Waals surface area contributed by atoms with E-state index >= 15 is 0 Å². The van der Waals surface area contributed by atoms with Crippen LogP contribution in [0.25, 0.3) is 5.82 Å². The topological polar surface area (TPSA) is 42.7 Å². The van der Waals surface area contributed by atoms with E-state index in [1.807, 2.05) is 19.9 Å². The molecule has 1 N–H and O–H groups in total. The molecule has 2 heterocycles. The van der Waals surface area contributed by atoms with Gasteiger partial charge in [-0.3, -0.25) is 0 Å². The highest BCUT2D eigenvalue weighted by molar-refractivity contribution is 5.30. The van der Waals surface area contributed by atoms with Crippen LogP contribution < -0.4 is 5.32 Å². The molecule has 0 fully saturated rings. The van der Waals surface area contributed by atoms with Crippen LogP contribution in [-0.2, 0) is 12.7 Å². The van der Waals surface area contributed by atoms with Crippen molar-refractivity contribution in [2.45, 2.75) is 39.5 Å². The molecule has 0 saturated carbocycles. The van der Waals surface area contributed by atoms with Gasteiger partial charge in [0.25, 0.3) is 0 Å². The Morgan fingerprint density at radius 3 is 2.57 bits per heavy atom. The Morgan fingerprint density at radius 1 is 1.29 bits per heavy atom. The predicted molar refractivity (Wildman–Crippen MR) is 73.1 cm³/mol. The van der Waals surface area contributed by atoms with Crippen molar-refractivity contribution >= 4 is 0 Å². The average molecular weight is 298 g/mol. The van der Waals surface area contributed by atoms with Crippen LogP contribution in [0.4, 0.5) is 13.2 Å². The molecule has 0 aliphatic heterocycles. The van der Waals surface area contributed by atoms with Crippen LogP contribution in [0.15, 0.2) is 24.4 Å². The molecule has 4 nitrogen and oxygen atoms in total. The molecule has 0 aliphatic rings. The van der Waals surface area contributed by atoms with Gasteiger partial charge in [0.1, 0.15) is 0 Å². The van der Waals surface area contributed by atoms with Crippen molar-refractivity contribution in [2.24, 2.45) is 0 Å². The summed E-state index contributed by atoms with van der Waals surface area (Å²) in [6.45, 7) is 6.48. The Balaban J connectivity index is 2.29. The summed E-state index contributed by atoms with van der Waals surface area (Å²) in [4.78, 5) is 4.23. The molecule has 2 aromatic heterocycles. The third-order valence-electron chi connectivity index (χ3n) is 2.83. The van der Waals surface area contributed by atoms with Crippen molar-refractivity contribution in [3.63, 3.8) is 0 Å². The van der Waals surface area contributed by atoms with Crippen molar-refractivity contribution in [2.75, 3.05) is 0 Å². The Kier molecular flexibility index (Phi) is 4.32. The van der Waals surface area contributed by atoms with Gasteiger partial charge in [-0.05, 0) is 30.7 Å². The number of nitrogens with one attached hydrogen (secondary N) is 1. The van der Waals surface area contributed by atoms with Gasteiger partial charge in [-0.15, -0.1) is 0 Å². The molecular weight excluding hydrogens is 281 g/mol. The van der Waals surface area contributed by atoms with Gasteiger partial charge in [0, 0.05) is 24.5 Å². The van der Waals surface area contributed by atoms with Gasteiger partial charge in [-0.25, -0.2) is 9.67 Å². The fraction of sp³-hybridized carbons (Fsp3) is 0.429. The smallest absolute Gasteiger partial charge is 0.310 e. The molecule has 0 amide bonds. The maximum absolute atomic E-state index is 12.6. The molecule has 0 unspecified atom stereocenters. The van der Waals surface area contributed by atoms with E-state index in [-0.39, 0.29) is 0 Å². The number of rotatable bonds is 4. The Labute approximate surface area is 121 Å². The van der Waals surface area contributed by atoms with E-state index in [1.165, 1.54) is 6.20 Å². The fourth-order valence-electron chi connectivity index (χ4n) is 1.87.